The van der Waals surface area contributed by atoms with E-state index in [-0.39, 0.29) is 10.9 Å². The van der Waals surface area contributed by atoms with E-state index in [9.17, 15) is 14.4 Å². The van der Waals surface area contributed by atoms with Crippen molar-refractivity contribution in [1.82, 2.24) is 0 Å². The second-order valence-electron chi connectivity index (χ2n) is 6.68. The largest absolute Gasteiger partial charge is 0.478 e. The molecule has 0 radical (unpaired) electrons. The Morgan fingerprint density at radius 1 is 0.848 bits per heavy atom. The van der Waals surface area contributed by atoms with E-state index in [1.165, 1.54) is 11.8 Å². The molecule has 3 aromatic carbocycles. The van der Waals surface area contributed by atoms with Crippen molar-refractivity contribution in [3.63, 3.8) is 0 Å². The molecule has 0 bridgehead atoms. The van der Waals surface area contributed by atoms with Gasteiger partial charge in [-0.2, -0.15) is 0 Å². The van der Waals surface area contributed by atoms with E-state index in [0.717, 1.165) is 22.6 Å². The SMILES string of the molecule is O=C(O)/C=C/C(=O)Nc1ccc(SC(C(=O)Nc2cccc(Cl)c2Cl)c2ccccc2)cc1. The van der Waals surface area contributed by atoms with Gasteiger partial charge in [-0.05, 0) is 42.0 Å². The average molecular weight is 501 g/mol. The zero-order valence-electron chi connectivity index (χ0n) is 17.0. The quantitative estimate of drug-likeness (QED) is 0.258. The Kier molecular flexibility index (Phi) is 8.54. The number of rotatable bonds is 8. The Morgan fingerprint density at radius 3 is 2.21 bits per heavy atom. The van der Waals surface area contributed by atoms with Crippen molar-refractivity contribution in [2.24, 2.45) is 0 Å². The lowest BCUT2D eigenvalue weighted by molar-refractivity contribution is -0.131. The summed E-state index contributed by atoms with van der Waals surface area (Å²) in [4.78, 5) is 36.2. The summed E-state index contributed by atoms with van der Waals surface area (Å²) in [5, 5.41) is 14.0. The van der Waals surface area contributed by atoms with Gasteiger partial charge < -0.3 is 15.7 Å². The number of anilines is 2. The molecular weight excluding hydrogens is 483 g/mol. The number of carbonyl (C=O) groups is 3. The van der Waals surface area contributed by atoms with Gasteiger partial charge in [-0.1, -0.05) is 59.6 Å². The molecular formula is C24H18Cl2N2O4S. The third-order valence-corrected chi connectivity index (χ3v) is 6.39. The lowest BCUT2D eigenvalue weighted by atomic mass is 10.1. The lowest BCUT2D eigenvalue weighted by Gasteiger charge is -2.18. The van der Waals surface area contributed by atoms with Crippen LogP contribution in [0.25, 0.3) is 0 Å². The number of benzene rings is 3. The predicted octanol–water partition coefficient (Wildman–Crippen LogP) is 6.04. The van der Waals surface area contributed by atoms with E-state index in [2.05, 4.69) is 10.6 Å². The fourth-order valence-corrected chi connectivity index (χ4v) is 4.16. The summed E-state index contributed by atoms with van der Waals surface area (Å²) in [7, 11) is 0. The molecule has 3 rings (SSSR count). The maximum atomic E-state index is 13.2. The van der Waals surface area contributed by atoms with Crippen molar-refractivity contribution >= 4 is 64.1 Å². The number of halogens is 2. The third-order valence-electron chi connectivity index (χ3n) is 4.30. The van der Waals surface area contributed by atoms with Gasteiger partial charge in [0.1, 0.15) is 5.25 Å². The van der Waals surface area contributed by atoms with Gasteiger partial charge in [0, 0.05) is 22.7 Å². The molecule has 1 unspecified atom stereocenters. The van der Waals surface area contributed by atoms with Crippen LogP contribution in [0.2, 0.25) is 10.0 Å². The number of nitrogens with one attached hydrogen (secondary N) is 2. The Bertz CT molecular complexity index is 1180. The van der Waals surface area contributed by atoms with E-state index in [4.69, 9.17) is 28.3 Å². The highest BCUT2D eigenvalue weighted by Gasteiger charge is 2.23. The first-order valence-electron chi connectivity index (χ1n) is 9.62. The first kappa shape index (κ1) is 24.4. The van der Waals surface area contributed by atoms with Crippen molar-refractivity contribution in [3.8, 4) is 0 Å². The van der Waals surface area contributed by atoms with Gasteiger partial charge in [-0.15, -0.1) is 11.8 Å². The molecule has 3 aromatic rings. The van der Waals surface area contributed by atoms with Crippen molar-refractivity contribution < 1.29 is 19.5 Å². The number of hydrogen-bond donors (Lipinski definition) is 3. The summed E-state index contributed by atoms with van der Waals surface area (Å²) in [5.41, 5.74) is 1.71. The van der Waals surface area contributed by atoms with Crippen LogP contribution in [0.3, 0.4) is 0 Å². The third kappa shape index (κ3) is 7.12. The van der Waals surface area contributed by atoms with E-state index < -0.39 is 17.1 Å². The van der Waals surface area contributed by atoms with Crippen LogP contribution in [0.15, 0.2) is 89.8 Å². The Balaban J connectivity index is 1.77. The molecule has 33 heavy (non-hydrogen) atoms. The fraction of sp³-hybridized carbons (Fsp3) is 0.0417. The van der Waals surface area contributed by atoms with Crippen molar-refractivity contribution in [3.05, 3.63) is 101 Å². The number of amides is 2. The first-order chi connectivity index (χ1) is 15.8. The Hall–Kier alpha value is -3.26. The van der Waals surface area contributed by atoms with Crippen LogP contribution in [0.1, 0.15) is 10.8 Å². The van der Waals surface area contributed by atoms with E-state index in [0.29, 0.717) is 16.4 Å². The molecule has 0 aliphatic rings. The van der Waals surface area contributed by atoms with Gasteiger partial charge >= 0.3 is 5.97 Å². The summed E-state index contributed by atoms with van der Waals surface area (Å²) >= 11 is 13.6. The molecule has 0 saturated heterocycles. The lowest BCUT2D eigenvalue weighted by Crippen LogP contribution is -2.19. The average Bonchev–Trinajstić information content (AvgIpc) is 2.80. The van der Waals surface area contributed by atoms with Crippen molar-refractivity contribution in [1.29, 1.82) is 0 Å². The van der Waals surface area contributed by atoms with Gasteiger partial charge in [0.05, 0.1) is 15.7 Å². The molecule has 0 fully saturated rings. The summed E-state index contributed by atoms with van der Waals surface area (Å²) in [6.45, 7) is 0. The van der Waals surface area contributed by atoms with Crippen LogP contribution in [-0.4, -0.2) is 22.9 Å². The minimum atomic E-state index is -1.21. The van der Waals surface area contributed by atoms with Crippen LogP contribution in [0.5, 0.6) is 0 Å². The summed E-state index contributed by atoms with van der Waals surface area (Å²) in [6.07, 6.45) is 1.69. The second kappa shape index (κ2) is 11.6. The standard InChI is InChI=1S/C24H18Cl2N2O4S/c25-18-7-4-8-19(22(18)26)28-24(32)23(15-5-2-1-3-6-15)33-17-11-9-16(10-12-17)27-20(29)13-14-21(30)31/h1-14,23H,(H,27,29)(H,28,32)(H,30,31)/b14-13+. The van der Waals surface area contributed by atoms with Gasteiger partial charge in [-0.25, -0.2) is 4.79 Å². The van der Waals surface area contributed by atoms with Crippen LogP contribution < -0.4 is 10.6 Å². The van der Waals surface area contributed by atoms with Crippen LogP contribution in [0, 0.1) is 0 Å². The molecule has 0 aromatic heterocycles. The number of aliphatic carboxylic acids is 1. The monoisotopic (exact) mass is 500 g/mol. The molecule has 2 amide bonds. The van der Waals surface area contributed by atoms with Crippen LogP contribution in [0.4, 0.5) is 11.4 Å². The molecule has 168 valence electrons. The first-order valence-corrected chi connectivity index (χ1v) is 11.3. The number of hydrogen-bond acceptors (Lipinski definition) is 4. The smallest absolute Gasteiger partial charge is 0.328 e. The Labute approximate surface area is 204 Å². The molecule has 0 aliphatic carbocycles. The number of thioether (sulfide) groups is 1. The summed E-state index contributed by atoms with van der Waals surface area (Å²) < 4.78 is 0. The predicted molar refractivity (Wildman–Crippen MR) is 132 cm³/mol. The highest BCUT2D eigenvalue weighted by atomic mass is 35.5. The van der Waals surface area contributed by atoms with E-state index >= 15 is 0 Å². The molecule has 6 nitrogen and oxygen atoms in total. The van der Waals surface area contributed by atoms with Gasteiger partial charge in [-0.3, -0.25) is 9.59 Å². The second-order valence-corrected chi connectivity index (χ2v) is 8.65. The summed E-state index contributed by atoms with van der Waals surface area (Å²) in [5.74, 6) is -2.04. The number of carboxylic acids is 1. The number of carboxylic acid groups (broad SMARTS) is 1. The number of carbonyl (C=O) groups excluding carboxylic acids is 2. The zero-order chi connectivity index (χ0) is 23.8. The molecule has 0 saturated carbocycles. The molecule has 0 heterocycles. The van der Waals surface area contributed by atoms with Gasteiger partial charge in [0.2, 0.25) is 11.8 Å². The van der Waals surface area contributed by atoms with Crippen LogP contribution in [-0.2, 0) is 14.4 Å². The Morgan fingerprint density at radius 2 is 1.55 bits per heavy atom. The summed E-state index contributed by atoms with van der Waals surface area (Å²) in [6, 6.07) is 21.2. The topological polar surface area (TPSA) is 95.5 Å². The zero-order valence-corrected chi connectivity index (χ0v) is 19.3. The van der Waals surface area contributed by atoms with Crippen molar-refractivity contribution in [2.75, 3.05) is 10.6 Å². The molecule has 3 N–H and O–H groups in total. The highest BCUT2D eigenvalue weighted by molar-refractivity contribution is 8.00. The minimum absolute atomic E-state index is 0.265. The van der Waals surface area contributed by atoms with E-state index in [1.54, 1.807) is 42.5 Å². The maximum absolute atomic E-state index is 13.2. The fourth-order valence-electron chi connectivity index (χ4n) is 2.78. The van der Waals surface area contributed by atoms with Gasteiger partial charge in [0.25, 0.3) is 0 Å². The van der Waals surface area contributed by atoms with Crippen molar-refractivity contribution in [2.45, 2.75) is 10.1 Å². The minimum Gasteiger partial charge on any atom is -0.478 e. The normalized spacial score (nSPS) is 11.7. The van der Waals surface area contributed by atoms with Crippen LogP contribution >= 0.6 is 35.0 Å². The molecule has 9 heteroatoms. The molecule has 0 aliphatic heterocycles. The van der Waals surface area contributed by atoms with Gasteiger partial charge in [0.15, 0.2) is 0 Å². The molecule has 1 atom stereocenters. The molecule has 0 spiro atoms. The van der Waals surface area contributed by atoms with E-state index in [1.807, 2.05) is 30.3 Å². The maximum Gasteiger partial charge on any atom is 0.328 e. The highest BCUT2D eigenvalue weighted by Crippen LogP contribution is 2.38.